The third-order valence-corrected chi connectivity index (χ3v) is 5.27. The summed E-state index contributed by atoms with van der Waals surface area (Å²) in [6.07, 6.45) is 0. The Bertz CT molecular complexity index is 878. The van der Waals surface area contributed by atoms with Crippen LogP contribution in [0.2, 0.25) is 0 Å². The van der Waals surface area contributed by atoms with E-state index >= 15 is 0 Å². The van der Waals surface area contributed by atoms with Crippen molar-refractivity contribution in [1.29, 1.82) is 0 Å². The van der Waals surface area contributed by atoms with Crippen molar-refractivity contribution in [2.24, 2.45) is 5.92 Å². The van der Waals surface area contributed by atoms with Crippen molar-refractivity contribution in [3.8, 4) is 11.5 Å². The molecule has 0 fully saturated rings. The van der Waals surface area contributed by atoms with Crippen molar-refractivity contribution in [3.63, 3.8) is 0 Å². The van der Waals surface area contributed by atoms with E-state index < -0.39 is 6.04 Å². The molecule has 2 rings (SSSR count). The van der Waals surface area contributed by atoms with Crippen LogP contribution in [0.15, 0.2) is 42.5 Å². The standard InChI is InChI=1S/C25H34N2O4/c1-17(2)14-26-25(29)20(5)27(15-21-10-12-22(30-6)13-11-21)24(28)16-31-23-9-7-8-18(3)19(23)4/h7-13,17,20H,14-16H2,1-6H3,(H,26,29)/t20-/m0/s1. The van der Waals surface area contributed by atoms with Crippen LogP contribution in [0.4, 0.5) is 0 Å². The van der Waals surface area contributed by atoms with Gasteiger partial charge in [0.25, 0.3) is 5.91 Å². The van der Waals surface area contributed by atoms with E-state index in [1.165, 1.54) is 0 Å². The van der Waals surface area contributed by atoms with Gasteiger partial charge >= 0.3 is 0 Å². The Morgan fingerprint density at radius 3 is 2.32 bits per heavy atom. The first kappa shape index (κ1) is 24.3. The number of benzene rings is 2. The molecule has 6 nitrogen and oxygen atoms in total. The van der Waals surface area contributed by atoms with Gasteiger partial charge in [0.15, 0.2) is 6.61 Å². The van der Waals surface area contributed by atoms with Crippen LogP contribution in [-0.2, 0) is 16.1 Å². The van der Waals surface area contributed by atoms with Crippen molar-refractivity contribution in [2.45, 2.75) is 47.2 Å². The van der Waals surface area contributed by atoms with Gasteiger partial charge in [0, 0.05) is 13.1 Å². The fourth-order valence-electron chi connectivity index (χ4n) is 3.07. The highest BCUT2D eigenvalue weighted by Crippen LogP contribution is 2.21. The van der Waals surface area contributed by atoms with Gasteiger partial charge < -0.3 is 19.7 Å². The predicted molar refractivity (Wildman–Crippen MR) is 122 cm³/mol. The minimum absolute atomic E-state index is 0.137. The second kappa shape index (κ2) is 11.4. The summed E-state index contributed by atoms with van der Waals surface area (Å²) in [7, 11) is 1.61. The van der Waals surface area contributed by atoms with Crippen molar-refractivity contribution >= 4 is 11.8 Å². The summed E-state index contributed by atoms with van der Waals surface area (Å²) in [5.41, 5.74) is 3.01. The maximum absolute atomic E-state index is 13.1. The largest absolute Gasteiger partial charge is 0.497 e. The first-order valence-electron chi connectivity index (χ1n) is 10.6. The zero-order chi connectivity index (χ0) is 23.0. The summed E-state index contributed by atoms with van der Waals surface area (Å²) in [6, 6.07) is 12.6. The van der Waals surface area contributed by atoms with E-state index in [1.54, 1.807) is 18.9 Å². The van der Waals surface area contributed by atoms with Crippen molar-refractivity contribution in [3.05, 3.63) is 59.2 Å². The predicted octanol–water partition coefficient (Wildman–Crippen LogP) is 3.88. The summed E-state index contributed by atoms with van der Waals surface area (Å²) in [4.78, 5) is 27.4. The van der Waals surface area contributed by atoms with Crippen LogP contribution in [0.25, 0.3) is 0 Å². The van der Waals surface area contributed by atoms with Crippen LogP contribution in [-0.4, -0.2) is 43.0 Å². The van der Waals surface area contributed by atoms with E-state index in [0.717, 1.165) is 22.4 Å². The Labute approximate surface area is 185 Å². The third kappa shape index (κ3) is 7.02. The van der Waals surface area contributed by atoms with Crippen LogP contribution in [0.5, 0.6) is 11.5 Å². The van der Waals surface area contributed by atoms with Gasteiger partial charge in [-0.1, -0.05) is 38.1 Å². The molecule has 168 valence electrons. The Morgan fingerprint density at radius 2 is 1.71 bits per heavy atom. The lowest BCUT2D eigenvalue weighted by Crippen LogP contribution is -2.49. The van der Waals surface area contributed by atoms with Crippen molar-refractivity contribution in [1.82, 2.24) is 10.2 Å². The lowest BCUT2D eigenvalue weighted by atomic mass is 10.1. The minimum Gasteiger partial charge on any atom is -0.497 e. The van der Waals surface area contributed by atoms with Gasteiger partial charge in [0.1, 0.15) is 17.5 Å². The van der Waals surface area contributed by atoms with Crippen LogP contribution < -0.4 is 14.8 Å². The summed E-state index contributed by atoms with van der Waals surface area (Å²) in [5.74, 6) is 1.32. The molecule has 0 aliphatic heterocycles. The number of carbonyl (C=O) groups excluding carboxylic acids is 2. The van der Waals surface area contributed by atoms with E-state index in [4.69, 9.17) is 9.47 Å². The van der Waals surface area contributed by atoms with E-state index in [9.17, 15) is 9.59 Å². The molecule has 0 spiro atoms. The Hall–Kier alpha value is -3.02. The van der Waals surface area contributed by atoms with Crippen LogP contribution in [0.1, 0.15) is 37.5 Å². The van der Waals surface area contributed by atoms with E-state index in [-0.39, 0.29) is 18.4 Å². The summed E-state index contributed by atoms with van der Waals surface area (Å²) >= 11 is 0. The SMILES string of the molecule is COc1ccc(CN(C(=O)COc2cccc(C)c2C)[C@@H](C)C(=O)NCC(C)C)cc1. The highest BCUT2D eigenvalue weighted by molar-refractivity contribution is 5.88. The third-order valence-electron chi connectivity index (χ3n) is 5.27. The molecule has 0 aliphatic rings. The molecule has 1 atom stereocenters. The normalized spacial score (nSPS) is 11.7. The number of hydrogen-bond acceptors (Lipinski definition) is 4. The monoisotopic (exact) mass is 426 g/mol. The number of nitrogens with zero attached hydrogens (tertiary/aromatic N) is 1. The van der Waals surface area contributed by atoms with Gasteiger partial charge in [-0.05, 0) is 61.6 Å². The Morgan fingerprint density at radius 1 is 1.03 bits per heavy atom. The maximum atomic E-state index is 13.1. The summed E-state index contributed by atoms with van der Waals surface area (Å²) in [6.45, 7) is 10.5. The van der Waals surface area contributed by atoms with Gasteiger partial charge in [0.05, 0.1) is 7.11 Å². The number of amides is 2. The average molecular weight is 427 g/mol. The molecule has 1 N–H and O–H groups in total. The number of rotatable bonds is 10. The van der Waals surface area contributed by atoms with Gasteiger partial charge in [0.2, 0.25) is 5.91 Å². The Balaban J connectivity index is 2.16. The minimum atomic E-state index is -0.629. The fourth-order valence-corrected chi connectivity index (χ4v) is 3.07. The first-order chi connectivity index (χ1) is 14.7. The lowest BCUT2D eigenvalue weighted by Gasteiger charge is -2.29. The second-order valence-corrected chi connectivity index (χ2v) is 8.17. The van der Waals surface area contributed by atoms with Gasteiger partial charge in [-0.15, -0.1) is 0 Å². The molecule has 31 heavy (non-hydrogen) atoms. The van der Waals surface area contributed by atoms with Gasteiger partial charge in [-0.25, -0.2) is 0 Å². The molecule has 2 amide bonds. The molecule has 0 aliphatic carbocycles. The lowest BCUT2D eigenvalue weighted by molar-refractivity contribution is -0.142. The average Bonchev–Trinajstić information content (AvgIpc) is 2.76. The second-order valence-electron chi connectivity index (χ2n) is 8.17. The number of aryl methyl sites for hydroxylation is 1. The number of carbonyl (C=O) groups is 2. The highest BCUT2D eigenvalue weighted by atomic mass is 16.5. The highest BCUT2D eigenvalue weighted by Gasteiger charge is 2.26. The van der Waals surface area contributed by atoms with E-state index in [0.29, 0.717) is 24.8 Å². The zero-order valence-electron chi connectivity index (χ0n) is 19.4. The fraction of sp³-hybridized carbons (Fsp3) is 0.440. The maximum Gasteiger partial charge on any atom is 0.261 e. The van der Waals surface area contributed by atoms with E-state index in [2.05, 4.69) is 5.32 Å². The Kier molecular flexibility index (Phi) is 8.91. The first-order valence-corrected chi connectivity index (χ1v) is 10.6. The topological polar surface area (TPSA) is 67.9 Å². The summed E-state index contributed by atoms with van der Waals surface area (Å²) in [5, 5.41) is 2.92. The molecule has 0 saturated heterocycles. The molecule has 0 heterocycles. The molecule has 0 bridgehead atoms. The number of methoxy groups -OCH3 is 1. The number of ether oxygens (including phenoxy) is 2. The molecular formula is C25H34N2O4. The van der Waals surface area contributed by atoms with E-state index in [1.807, 2.05) is 70.2 Å². The molecule has 0 radical (unpaired) electrons. The smallest absolute Gasteiger partial charge is 0.261 e. The van der Waals surface area contributed by atoms with Crippen molar-refractivity contribution in [2.75, 3.05) is 20.3 Å². The number of hydrogen-bond donors (Lipinski definition) is 1. The molecular weight excluding hydrogens is 392 g/mol. The van der Waals surface area contributed by atoms with Crippen LogP contribution >= 0.6 is 0 Å². The number of nitrogens with one attached hydrogen (secondary N) is 1. The molecule has 0 unspecified atom stereocenters. The summed E-state index contributed by atoms with van der Waals surface area (Å²) < 4.78 is 11.0. The molecule has 0 saturated carbocycles. The molecule has 2 aromatic rings. The van der Waals surface area contributed by atoms with Gasteiger partial charge in [-0.2, -0.15) is 0 Å². The van der Waals surface area contributed by atoms with Crippen LogP contribution in [0.3, 0.4) is 0 Å². The quantitative estimate of drug-likeness (QED) is 0.626. The molecule has 0 aromatic heterocycles. The van der Waals surface area contributed by atoms with Crippen molar-refractivity contribution < 1.29 is 19.1 Å². The molecule has 2 aromatic carbocycles. The van der Waals surface area contributed by atoms with Gasteiger partial charge in [-0.3, -0.25) is 9.59 Å². The van der Waals surface area contributed by atoms with Crippen LogP contribution in [0, 0.1) is 19.8 Å². The zero-order valence-corrected chi connectivity index (χ0v) is 19.4. The molecule has 6 heteroatoms.